The summed E-state index contributed by atoms with van der Waals surface area (Å²) in [6.45, 7) is 14.1. The second-order valence-corrected chi connectivity index (χ2v) is 7.07. The summed E-state index contributed by atoms with van der Waals surface area (Å²) in [5, 5.41) is 0.550. The SMILES string of the molecule is CCc1nc(Cl)c(C)c(N2CC(C)(C)OC(C)(C)C2)n1. The fourth-order valence-corrected chi connectivity index (χ4v) is 3.11. The van der Waals surface area contributed by atoms with Gasteiger partial charge in [0.05, 0.1) is 11.2 Å². The highest BCUT2D eigenvalue weighted by molar-refractivity contribution is 6.30. The Bertz CT molecular complexity index is 498. The maximum absolute atomic E-state index is 6.25. The van der Waals surface area contributed by atoms with Gasteiger partial charge < -0.3 is 9.64 Å². The average molecular weight is 298 g/mol. The lowest BCUT2D eigenvalue weighted by atomic mass is 9.98. The van der Waals surface area contributed by atoms with Gasteiger partial charge in [0.2, 0.25) is 0 Å². The van der Waals surface area contributed by atoms with E-state index in [-0.39, 0.29) is 11.2 Å². The molecule has 0 radical (unpaired) electrons. The van der Waals surface area contributed by atoms with E-state index < -0.39 is 0 Å². The molecule has 0 aromatic carbocycles. The first-order valence-corrected chi connectivity index (χ1v) is 7.49. The summed E-state index contributed by atoms with van der Waals surface area (Å²) in [6, 6.07) is 0. The zero-order valence-corrected chi connectivity index (χ0v) is 14.0. The number of nitrogens with zero attached hydrogens (tertiary/aromatic N) is 3. The van der Waals surface area contributed by atoms with Gasteiger partial charge in [0.1, 0.15) is 16.8 Å². The number of rotatable bonds is 2. The second-order valence-electron chi connectivity index (χ2n) is 6.71. The molecule has 1 aromatic heterocycles. The number of anilines is 1. The van der Waals surface area contributed by atoms with Gasteiger partial charge in [-0.05, 0) is 34.6 Å². The molecule has 0 unspecified atom stereocenters. The maximum Gasteiger partial charge on any atom is 0.137 e. The van der Waals surface area contributed by atoms with Crippen LogP contribution in [0.2, 0.25) is 5.15 Å². The number of morpholine rings is 1. The van der Waals surface area contributed by atoms with Crippen LogP contribution in [0.5, 0.6) is 0 Å². The summed E-state index contributed by atoms with van der Waals surface area (Å²) in [7, 11) is 0. The lowest BCUT2D eigenvalue weighted by Crippen LogP contribution is -2.57. The van der Waals surface area contributed by atoms with Crippen molar-refractivity contribution >= 4 is 17.4 Å². The maximum atomic E-state index is 6.25. The second kappa shape index (κ2) is 5.15. The summed E-state index contributed by atoms with van der Waals surface area (Å²) in [4.78, 5) is 11.3. The number of aromatic nitrogens is 2. The number of ether oxygens (including phenoxy) is 1. The van der Waals surface area contributed by atoms with Gasteiger partial charge in [-0.2, -0.15) is 0 Å². The van der Waals surface area contributed by atoms with E-state index in [9.17, 15) is 0 Å². The third-order valence-electron chi connectivity index (χ3n) is 3.42. The van der Waals surface area contributed by atoms with Crippen molar-refractivity contribution in [1.29, 1.82) is 0 Å². The van der Waals surface area contributed by atoms with Crippen LogP contribution in [0.25, 0.3) is 0 Å². The van der Waals surface area contributed by atoms with Gasteiger partial charge in [0, 0.05) is 25.1 Å². The van der Waals surface area contributed by atoms with Crippen molar-refractivity contribution in [2.75, 3.05) is 18.0 Å². The van der Waals surface area contributed by atoms with Crippen LogP contribution in [-0.4, -0.2) is 34.3 Å². The molecular formula is C15H24ClN3O. The standard InChI is InChI=1S/C15H24ClN3O/c1-7-11-17-12(16)10(2)13(18-11)19-8-14(3,4)20-15(5,6)9-19/h7-9H2,1-6H3. The Morgan fingerprint density at radius 3 is 2.20 bits per heavy atom. The molecule has 0 spiro atoms. The zero-order chi connectivity index (χ0) is 15.1. The van der Waals surface area contributed by atoms with E-state index in [4.69, 9.17) is 16.3 Å². The quantitative estimate of drug-likeness (QED) is 0.784. The fourth-order valence-electron chi connectivity index (χ4n) is 2.92. The highest BCUT2D eigenvalue weighted by Crippen LogP contribution is 2.33. The molecule has 0 bridgehead atoms. The van der Waals surface area contributed by atoms with Crippen molar-refractivity contribution in [3.05, 3.63) is 16.5 Å². The lowest BCUT2D eigenvalue weighted by Gasteiger charge is -2.48. The molecule has 0 aliphatic carbocycles. The predicted molar refractivity (Wildman–Crippen MR) is 82.6 cm³/mol. The molecule has 20 heavy (non-hydrogen) atoms. The number of aryl methyl sites for hydroxylation is 1. The Hall–Kier alpha value is -0.870. The zero-order valence-electron chi connectivity index (χ0n) is 13.2. The molecule has 112 valence electrons. The first-order chi connectivity index (χ1) is 9.13. The lowest BCUT2D eigenvalue weighted by molar-refractivity contribution is -0.133. The van der Waals surface area contributed by atoms with Crippen molar-refractivity contribution in [1.82, 2.24) is 9.97 Å². The van der Waals surface area contributed by atoms with E-state index >= 15 is 0 Å². The minimum Gasteiger partial charge on any atom is -0.366 e. The molecule has 2 heterocycles. The van der Waals surface area contributed by atoms with Crippen LogP contribution in [0, 0.1) is 6.92 Å². The molecule has 2 rings (SSSR count). The average Bonchev–Trinajstić information content (AvgIpc) is 2.28. The fraction of sp³-hybridized carbons (Fsp3) is 0.733. The molecule has 0 saturated carbocycles. The van der Waals surface area contributed by atoms with Gasteiger partial charge in [0.25, 0.3) is 0 Å². The highest BCUT2D eigenvalue weighted by atomic mass is 35.5. The van der Waals surface area contributed by atoms with Crippen LogP contribution in [-0.2, 0) is 11.2 Å². The molecule has 5 heteroatoms. The van der Waals surface area contributed by atoms with E-state index in [1.807, 2.05) is 13.8 Å². The van der Waals surface area contributed by atoms with Crippen molar-refractivity contribution in [2.45, 2.75) is 59.2 Å². The topological polar surface area (TPSA) is 38.2 Å². The van der Waals surface area contributed by atoms with Crippen molar-refractivity contribution < 1.29 is 4.74 Å². The Labute approximate surface area is 126 Å². The Morgan fingerprint density at radius 2 is 1.70 bits per heavy atom. The van der Waals surface area contributed by atoms with Crippen molar-refractivity contribution in [3.8, 4) is 0 Å². The Kier molecular flexibility index (Phi) is 4.00. The van der Waals surface area contributed by atoms with Gasteiger partial charge in [0.15, 0.2) is 0 Å². The third kappa shape index (κ3) is 3.23. The van der Waals surface area contributed by atoms with Crippen LogP contribution < -0.4 is 4.90 Å². The highest BCUT2D eigenvalue weighted by Gasteiger charge is 2.39. The van der Waals surface area contributed by atoms with Crippen LogP contribution in [0.4, 0.5) is 5.82 Å². The van der Waals surface area contributed by atoms with E-state index in [0.29, 0.717) is 5.15 Å². The van der Waals surface area contributed by atoms with Gasteiger partial charge in [-0.15, -0.1) is 0 Å². The summed E-state index contributed by atoms with van der Waals surface area (Å²) >= 11 is 6.25. The Balaban J connectivity index is 2.42. The van der Waals surface area contributed by atoms with E-state index in [1.165, 1.54) is 0 Å². The number of halogens is 1. The van der Waals surface area contributed by atoms with Crippen LogP contribution >= 0.6 is 11.6 Å². The molecule has 1 saturated heterocycles. The van der Waals surface area contributed by atoms with Gasteiger partial charge in [-0.25, -0.2) is 9.97 Å². The minimum absolute atomic E-state index is 0.210. The molecule has 1 aliphatic heterocycles. The number of hydrogen-bond acceptors (Lipinski definition) is 4. The molecule has 1 aliphatic rings. The predicted octanol–water partition coefficient (Wildman–Crippen LogP) is 3.39. The molecule has 0 N–H and O–H groups in total. The number of hydrogen-bond donors (Lipinski definition) is 0. The van der Waals surface area contributed by atoms with E-state index in [2.05, 4.69) is 42.6 Å². The molecule has 1 aromatic rings. The monoisotopic (exact) mass is 297 g/mol. The normalized spacial score (nSPS) is 21.1. The van der Waals surface area contributed by atoms with Gasteiger partial charge in [-0.1, -0.05) is 18.5 Å². The summed E-state index contributed by atoms with van der Waals surface area (Å²) in [6.07, 6.45) is 0.782. The van der Waals surface area contributed by atoms with Crippen LogP contribution in [0.15, 0.2) is 0 Å². The van der Waals surface area contributed by atoms with E-state index in [0.717, 1.165) is 36.7 Å². The first kappa shape index (κ1) is 15.5. The third-order valence-corrected chi connectivity index (χ3v) is 3.79. The molecule has 0 amide bonds. The molecule has 0 atom stereocenters. The minimum atomic E-state index is -0.210. The summed E-state index contributed by atoms with van der Waals surface area (Å²) in [5.74, 6) is 1.73. The van der Waals surface area contributed by atoms with Gasteiger partial charge in [-0.3, -0.25) is 0 Å². The van der Waals surface area contributed by atoms with Gasteiger partial charge >= 0.3 is 0 Å². The first-order valence-electron chi connectivity index (χ1n) is 7.12. The molecule has 1 fully saturated rings. The smallest absolute Gasteiger partial charge is 0.137 e. The molecular weight excluding hydrogens is 274 g/mol. The van der Waals surface area contributed by atoms with Crippen molar-refractivity contribution in [3.63, 3.8) is 0 Å². The van der Waals surface area contributed by atoms with Crippen LogP contribution in [0.3, 0.4) is 0 Å². The largest absolute Gasteiger partial charge is 0.366 e. The van der Waals surface area contributed by atoms with Crippen molar-refractivity contribution in [2.24, 2.45) is 0 Å². The summed E-state index contributed by atoms with van der Waals surface area (Å²) < 4.78 is 6.12. The van der Waals surface area contributed by atoms with Crippen LogP contribution in [0.1, 0.15) is 46.0 Å². The molecule has 4 nitrogen and oxygen atoms in total. The Morgan fingerprint density at radius 1 is 1.15 bits per heavy atom. The van der Waals surface area contributed by atoms with E-state index in [1.54, 1.807) is 0 Å². The summed E-state index contributed by atoms with van der Waals surface area (Å²) in [5.41, 5.74) is 0.521.